The first-order valence-electron chi connectivity index (χ1n) is 2.87. The molecule has 0 bridgehead atoms. The summed E-state index contributed by atoms with van der Waals surface area (Å²) >= 11 is 0. The van der Waals surface area contributed by atoms with E-state index in [-0.39, 0.29) is 0 Å². The molecular formula is C6H10O. The summed E-state index contributed by atoms with van der Waals surface area (Å²) in [4.78, 5) is 10.5. The molecule has 0 heterocycles. The second-order valence-electron chi connectivity index (χ2n) is 2.11. The van der Waals surface area contributed by atoms with Crippen molar-refractivity contribution in [3.63, 3.8) is 0 Å². The van der Waals surface area contributed by atoms with Crippen molar-refractivity contribution >= 4 is 5.78 Å². The smallest absolute Gasteiger partial charge is 0.136 e. The first kappa shape index (κ1) is 4.82. The highest BCUT2D eigenvalue weighted by molar-refractivity contribution is 5.86. The molecule has 1 saturated carbocycles. The maximum absolute atomic E-state index is 10.5. The van der Waals surface area contributed by atoms with Gasteiger partial charge in [0.25, 0.3) is 0 Å². The minimum absolute atomic E-state index is 0.444. The highest BCUT2D eigenvalue weighted by atomic mass is 16.1. The van der Waals surface area contributed by atoms with Crippen LogP contribution in [-0.4, -0.2) is 5.78 Å². The quantitative estimate of drug-likeness (QED) is 0.484. The van der Waals surface area contributed by atoms with Crippen LogP contribution in [0.4, 0.5) is 0 Å². The van der Waals surface area contributed by atoms with E-state index in [0.29, 0.717) is 11.7 Å². The van der Waals surface area contributed by atoms with Gasteiger partial charge in [0, 0.05) is 12.3 Å². The van der Waals surface area contributed by atoms with E-state index in [2.05, 4.69) is 6.92 Å². The topological polar surface area (TPSA) is 17.1 Å². The summed E-state index contributed by atoms with van der Waals surface area (Å²) in [6, 6.07) is 0. The van der Waals surface area contributed by atoms with Gasteiger partial charge in [-0.2, -0.15) is 0 Å². The fourth-order valence-corrected chi connectivity index (χ4v) is 0.898. The van der Waals surface area contributed by atoms with Crippen molar-refractivity contribution in [1.29, 1.82) is 0 Å². The molecule has 7 heavy (non-hydrogen) atoms. The Morgan fingerprint density at radius 2 is 2.57 bits per heavy atom. The zero-order chi connectivity index (χ0) is 5.28. The molecule has 1 aliphatic carbocycles. The summed E-state index contributed by atoms with van der Waals surface area (Å²) in [6.07, 6.45) is 3.05. The third-order valence-electron chi connectivity index (χ3n) is 1.69. The fraction of sp³-hybridized carbons (Fsp3) is 0.833. The van der Waals surface area contributed by atoms with Gasteiger partial charge in [0.05, 0.1) is 0 Å². The molecule has 0 spiro atoms. The molecule has 0 unspecified atom stereocenters. The SMILES string of the molecule is CC[C@@H]1CCC1=O. The second-order valence-corrected chi connectivity index (χ2v) is 2.11. The number of carbonyl (C=O) groups is 1. The first-order chi connectivity index (χ1) is 3.34. The number of Topliss-reactive ketones (excluding diaryl/α,β-unsaturated/α-hetero) is 1. The van der Waals surface area contributed by atoms with Crippen LogP contribution in [0.3, 0.4) is 0 Å². The predicted octanol–water partition coefficient (Wildman–Crippen LogP) is 1.38. The zero-order valence-electron chi connectivity index (χ0n) is 4.61. The summed E-state index contributed by atoms with van der Waals surface area (Å²) in [5.74, 6) is 0.919. The van der Waals surface area contributed by atoms with Crippen molar-refractivity contribution in [1.82, 2.24) is 0 Å². The summed E-state index contributed by atoms with van der Waals surface area (Å²) < 4.78 is 0. The summed E-state index contributed by atoms with van der Waals surface area (Å²) in [7, 11) is 0. The van der Waals surface area contributed by atoms with Gasteiger partial charge >= 0.3 is 0 Å². The van der Waals surface area contributed by atoms with Crippen LogP contribution in [0.2, 0.25) is 0 Å². The average molecular weight is 98.1 g/mol. The van der Waals surface area contributed by atoms with Crippen molar-refractivity contribution in [2.75, 3.05) is 0 Å². The number of rotatable bonds is 1. The first-order valence-corrected chi connectivity index (χ1v) is 2.87. The number of hydrogen-bond donors (Lipinski definition) is 0. The third-order valence-corrected chi connectivity index (χ3v) is 1.69. The van der Waals surface area contributed by atoms with E-state index in [1.54, 1.807) is 0 Å². The van der Waals surface area contributed by atoms with Crippen molar-refractivity contribution in [2.24, 2.45) is 5.92 Å². The van der Waals surface area contributed by atoms with Crippen LogP contribution in [-0.2, 0) is 4.79 Å². The lowest BCUT2D eigenvalue weighted by molar-refractivity contribution is -0.129. The van der Waals surface area contributed by atoms with Crippen LogP contribution < -0.4 is 0 Å². The van der Waals surface area contributed by atoms with Crippen molar-refractivity contribution < 1.29 is 4.79 Å². The Balaban J connectivity index is 2.29. The molecule has 40 valence electrons. The summed E-state index contributed by atoms with van der Waals surface area (Å²) in [5.41, 5.74) is 0. The molecular weight excluding hydrogens is 88.1 g/mol. The Bertz CT molecular complexity index is 84.2. The van der Waals surface area contributed by atoms with Crippen molar-refractivity contribution in [2.45, 2.75) is 26.2 Å². The van der Waals surface area contributed by atoms with Gasteiger partial charge in [-0.05, 0) is 12.8 Å². The van der Waals surface area contributed by atoms with E-state index in [0.717, 1.165) is 19.3 Å². The standard InChI is InChI=1S/C6H10O/c1-2-5-3-4-6(5)7/h5H,2-4H2,1H3/t5-/m1/s1. The van der Waals surface area contributed by atoms with Crippen molar-refractivity contribution in [3.8, 4) is 0 Å². The summed E-state index contributed by atoms with van der Waals surface area (Å²) in [5, 5.41) is 0. The molecule has 1 fully saturated rings. The maximum atomic E-state index is 10.5. The fourth-order valence-electron chi connectivity index (χ4n) is 0.898. The van der Waals surface area contributed by atoms with Gasteiger partial charge in [-0.1, -0.05) is 6.92 Å². The van der Waals surface area contributed by atoms with Crippen LogP contribution in [0.25, 0.3) is 0 Å². The molecule has 1 rings (SSSR count). The van der Waals surface area contributed by atoms with Gasteiger partial charge in [-0.3, -0.25) is 4.79 Å². The molecule has 0 amide bonds. The average Bonchev–Trinajstić information content (AvgIpc) is 1.65. The van der Waals surface area contributed by atoms with E-state index in [1.165, 1.54) is 0 Å². The van der Waals surface area contributed by atoms with Gasteiger partial charge in [0.2, 0.25) is 0 Å². The normalized spacial score (nSPS) is 29.9. The van der Waals surface area contributed by atoms with E-state index in [1.807, 2.05) is 0 Å². The summed E-state index contributed by atoms with van der Waals surface area (Å²) in [6.45, 7) is 2.07. The second kappa shape index (κ2) is 1.65. The van der Waals surface area contributed by atoms with Gasteiger partial charge in [0.1, 0.15) is 5.78 Å². The van der Waals surface area contributed by atoms with Gasteiger partial charge in [0.15, 0.2) is 0 Å². The molecule has 0 saturated heterocycles. The van der Waals surface area contributed by atoms with E-state index < -0.39 is 0 Å². The molecule has 1 heteroatoms. The molecule has 0 N–H and O–H groups in total. The zero-order valence-corrected chi connectivity index (χ0v) is 4.61. The Hall–Kier alpha value is -0.330. The van der Waals surface area contributed by atoms with Gasteiger partial charge in [-0.25, -0.2) is 0 Å². The van der Waals surface area contributed by atoms with Crippen LogP contribution in [0.1, 0.15) is 26.2 Å². The van der Waals surface area contributed by atoms with E-state index in [4.69, 9.17) is 0 Å². The molecule has 1 atom stereocenters. The minimum Gasteiger partial charge on any atom is -0.299 e. The predicted molar refractivity (Wildman–Crippen MR) is 28.0 cm³/mol. The lowest BCUT2D eigenvalue weighted by Crippen LogP contribution is -2.24. The van der Waals surface area contributed by atoms with Gasteiger partial charge < -0.3 is 0 Å². The highest BCUT2D eigenvalue weighted by Crippen LogP contribution is 2.24. The van der Waals surface area contributed by atoms with Crippen LogP contribution >= 0.6 is 0 Å². The monoisotopic (exact) mass is 98.1 g/mol. The van der Waals surface area contributed by atoms with Crippen molar-refractivity contribution in [3.05, 3.63) is 0 Å². The molecule has 1 aliphatic rings. The molecule has 0 radical (unpaired) electrons. The number of ketones is 1. The Morgan fingerprint density at radius 3 is 2.57 bits per heavy atom. The van der Waals surface area contributed by atoms with E-state index >= 15 is 0 Å². The molecule has 0 aliphatic heterocycles. The number of carbonyl (C=O) groups excluding carboxylic acids is 1. The molecule has 0 aromatic rings. The molecule has 0 aromatic heterocycles. The van der Waals surface area contributed by atoms with Gasteiger partial charge in [-0.15, -0.1) is 0 Å². The molecule has 0 aromatic carbocycles. The Kier molecular flexibility index (Phi) is 1.13. The Morgan fingerprint density at radius 1 is 1.86 bits per heavy atom. The van der Waals surface area contributed by atoms with E-state index in [9.17, 15) is 4.79 Å². The lowest BCUT2D eigenvalue weighted by Gasteiger charge is -2.21. The van der Waals surface area contributed by atoms with Crippen LogP contribution in [0.5, 0.6) is 0 Å². The minimum atomic E-state index is 0.444. The molecule has 1 nitrogen and oxygen atoms in total. The van der Waals surface area contributed by atoms with Crippen LogP contribution in [0.15, 0.2) is 0 Å². The largest absolute Gasteiger partial charge is 0.299 e. The Labute approximate surface area is 43.7 Å². The lowest BCUT2D eigenvalue weighted by atomic mass is 9.82. The highest BCUT2D eigenvalue weighted by Gasteiger charge is 2.25. The third kappa shape index (κ3) is 0.671. The maximum Gasteiger partial charge on any atom is 0.136 e. The number of hydrogen-bond acceptors (Lipinski definition) is 1. The van der Waals surface area contributed by atoms with Crippen LogP contribution in [0, 0.1) is 5.92 Å².